The summed E-state index contributed by atoms with van der Waals surface area (Å²) in [6.07, 6.45) is -2.24. The maximum atomic E-state index is 14.6. The topological polar surface area (TPSA) is 101 Å². The molecule has 6 aromatic carbocycles. The fourth-order valence-corrected chi connectivity index (χ4v) is 7.81. The lowest BCUT2D eigenvalue weighted by Gasteiger charge is -2.28. The van der Waals surface area contributed by atoms with Gasteiger partial charge in [-0.2, -0.15) is 8.78 Å². The molecule has 0 saturated carbocycles. The van der Waals surface area contributed by atoms with Gasteiger partial charge in [0, 0.05) is 23.5 Å². The summed E-state index contributed by atoms with van der Waals surface area (Å²) in [5.41, 5.74) is 7.65. The molecule has 1 atom stereocenters. The molecule has 0 saturated heterocycles. The van der Waals surface area contributed by atoms with Crippen LogP contribution in [0.1, 0.15) is 46.6 Å². The molecule has 9 nitrogen and oxygen atoms in total. The van der Waals surface area contributed by atoms with Gasteiger partial charge in [0.25, 0.3) is 0 Å². The van der Waals surface area contributed by atoms with Crippen LogP contribution in [0.25, 0.3) is 22.3 Å². The lowest BCUT2D eigenvalue weighted by molar-refractivity contribution is -0.140. The zero-order chi connectivity index (χ0) is 42.9. The first kappa shape index (κ1) is 40.6. The van der Waals surface area contributed by atoms with Crippen molar-refractivity contribution in [1.82, 2.24) is 4.90 Å². The number of carbonyl (C=O) groups excluding carboxylic acids is 3. The van der Waals surface area contributed by atoms with E-state index in [1.807, 2.05) is 97.1 Å². The predicted molar refractivity (Wildman–Crippen MR) is 211 cm³/mol. The highest BCUT2D eigenvalue weighted by Gasteiger charge is 2.36. The van der Waals surface area contributed by atoms with E-state index in [1.165, 1.54) is 25.3 Å². The fraction of sp³-hybridized carbons (Fsp3) is 0.170. The van der Waals surface area contributed by atoms with E-state index in [2.05, 4.69) is 0 Å². The van der Waals surface area contributed by atoms with Crippen molar-refractivity contribution in [1.29, 1.82) is 0 Å². The first-order valence-electron chi connectivity index (χ1n) is 19.0. The smallest absolute Gasteiger partial charge is 0.497 e. The summed E-state index contributed by atoms with van der Waals surface area (Å²) in [6.45, 7) is 0.221. The minimum absolute atomic E-state index is 0.0847. The number of esters is 1. The maximum absolute atomic E-state index is 14.6. The minimum atomic E-state index is -2.45. The lowest BCUT2D eigenvalue weighted by Crippen LogP contribution is -2.45. The van der Waals surface area contributed by atoms with Crippen molar-refractivity contribution in [3.63, 3.8) is 0 Å². The van der Waals surface area contributed by atoms with Gasteiger partial charge in [0.05, 0.1) is 13.7 Å². The van der Waals surface area contributed by atoms with Crippen LogP contribution in [0.3, 0.4) is 0 Å². The number of amides is 1. The summed E-state index contributed by atoms with van der Waals surface area (Å²) in [5, 5.41) is 0. The van der Waals surface area contributed by atoms with Gasteiger partial charge in [-0.05, 0) is 63.6 Å². The van der Waals surface area contributed by atoms with E-state index in [1.54, 1.807) is 0 Å². The molecule has 0 unspecified atom stereocenters. The molecular formula is C47H34F5NO8. The van der Waals surface area contributed by atoms with Crippen molar-refractivity contribution in [2.24, 2.45) is 0 Å². The van der Waals surface area contributed by atoms with E-state index in [4.69, 9.17) is 23.7 Å². The normalized spacial score (nSPS) is 13.0. The molecule has 1 amide bonds. The van der Waals surface area contributed by atoms with Gasteiger partial charge in [0.2, 0.25) is 34.8 Å². The van der Waals surface area contributed by atoms with Crippen molar-refractivity contribution in [3.8, 4) is 39.5 Å². The van der Waals surface area contributed by atoms with Crippen LogP contribution in [-0.2, 0) is 20.8 Å². The molecule has 2 aliphatic carbocycles. The van der Waals surface area contributed by atoms with Crippen LogP contribution in [0.4, 0.5) is 31.5 Å². The molecule has 2 aliphatic rings. The Balaban J connectivity index is 1.06. The predicted octanol–water partition coefficient (Wildman–Crippen LogP) is 10.5. The van der Waals surface area contributed by atoms with E-state index in [-0.39, 0.29) is 36.2 Å². The summed E-state index contributed by atoms with van der Waals surface area (Å²) < 4.78 is 98.5. The highest BCUT2D eigenvalue weighted by molar-refractivity contribution is 5.84. The standard InChI is InChI=1S/C47H34F5NO8/c1-25(45(54)61-44-42(51)40(49)39(48)41(50)43(44)52)53(46(55)58-23-36-32-15-7-3-11-28(32)29-12-4-8-16-33(29)36)22-26-19-20-27(57-2)21-38(26)60-47(56)59-24-37-34-17-9-5-13-30(34)31-14-6-10-18-35(31)37/h3-21,25,36-37H,22-24H2,1-2H3/t25-/m0/s1. The van der Waals surface area contributed by atoms with Gasteiger partial charge < -0.3 is 23.7 Å². The molecule has 0 spiro atoms. The first-order chi connectivity index (χ1) is 29.5. The number of benzene rings is 6. The van der Waals surface area contributed by atoms with E-state index in [9.17, 15) is 36.3 Å². The number of ether oxygens (including phenoxy) is 5. The number of fused-ring (bicyclic) bond motifs is 6. The van der Waals surface area contributed by atoms with Gasteiger partial charge in [0.1, 0.15) is 30.8 Å². The molecule has 8 rings (SSSR count). The van der Waals surface area contributed by atoms with Crippen molar-refractivity contribution >= 4 is 18.2 Å². The Labute approximate surface area is 345 Å². The van der Waals surface area contributed by atoms with Crippen molar-refractivity contribution in [2.45, 2.75) is 31.3 Å². The third kappa shape index (κ3) is 7.60. The quantitative estimate of drug-likeness (QED) is 0.0318. The van der Waals surface area contributed by atoms with Crippen LogP contribution in [0.5, 0.6) is 17.2 Å². The Morgan fingerprint density at radius 2 is 1.03 bits per heavy atom. The Bertz CT molecular complexity index is 2590. The summed E-state index contributed by atoms with van der Waals surface area (Å²) >= 11 is 0. The van der Waals surface area contributed by atoms with Gasteiger partial charge in [-0.3, -0.25) is 4.90 Å². The van der Waals surface area contributed by atoms with Crippen molar-refractivity contribution in [3.05, 3.63) is 172 Å². The largest absolute Gasteiger partial charge is 0.513 e. The Morgan fingerprint density at radius 3 is 1.51 bits per heavy atom. The van der Waals surface area contributed by atoms with E-state index in [0.29, 0.717) is 0 Å². The van der Waals surface area contributed by atoms with Gasteiger partial charge in [0.15, 0.2) is 0 Å². The average molecular weight is 836 g/mol. The SMILES string of the molecule is COc1ccc(CN(C(=O)OCC2c3ccccc3-c3ccccc32)[C@@H](C)C(=O)Oc2c(F)c(F)c(F)c(F)c2F)c(OC(=O)OCC2c3ccccc3-c3ccccc32)c1. The fourth-order valence-electron chi connectivity index (χ4n) is 7.81. The zero-order valence-electron chi connectivity index (χ0n) is 32.4. The number of methoxy groups -OCH3 is 1. The molecule has 14 heteroatoms. The van der Waals surface area contributed by atoms with Crippen molar-refractivity contribution < 1.29 is 60.0 Å². The van der Waals surface area contributed by atoms with Crippen LogP contribution in [0, 0.1) is 29.1 Å². The van der Waals surface area contributed by atoms with Crippen LogP contribution in [0.15, 0.2) is 115 Å². The molecular weight excluding hydrogens is 802 g/mol. The molecule has 61 heavy (non-hydrogen) atoms. The Morgan fingerprint density at radius 1 is 0.590 bits per heavy atom. The average Bonchev–Trinajstić information content (AvgIpc) is 3.78. The summed E-state index contributed by atoms with van der Waals surface area (Å²) in [5.74, 6) is -16.0. The monoisotopic (exact) mass is 835 g/mol. The third-order valence-corrected chi connectivity index (χ3v) is 10.9. The second kappa shape index (κ2) is 16.8. The lowest BCUT2D eigenvalue weighted by atomic mass is 9.98. The summed E-state index contributed by atoms with van der Waals surface area (Å²) in [6, 6.07) is 33.0. The second-order valence-corrected chi connectivity index (χ2v) is 14.3. The number of halogens is 5. The molecule has 0 fully saturated rings. The van der Waals surface area contributed by atoms with Gasteiger partial charge in [-0.15, -0.1) is 0 Å². The number of carbonyl (C=O) groups is 3. The summed E-state index contributed by atoms with van der Waals surface area (Å²) in [7, 11) is 1.37. The Hall–Kier alpha value is -7.22. The van der Waals surface area contributed by atoms with E-state index < -0.39 is 71.6 Å². The second-order valence-electron chi connectivity index (χ2n) is 14.3. The molecule has 310 valence electrons. The number of rotatable bonds is 11. The number of hydrogen-bond donors (Lipinski definition) is 0. The van der Waals surface area contributed by atoms with Crippen LogP contribution in [0.2, 0.25) is 0 Å². The highest BCUT2D eigenvalue weighted by atomic mass is 19.2. The van der Waals surface area contributed by atoms with Crippen molar-refractivity contribution in [2.75, 3.05) is 20.3 Å². The highest BCUT2D eigenvalue weighted by Crippen LogP contribution is 2.46. The number of hydrogen-bond acceptors (Lipinski definition) is 8. The number of nitrogens with zero attached hydrogens (tertiary/aromatic N) is 1. The minimum Gasteiger partial charge on any atom is -0.497 e. The Kier molecular flexibility index (Phi) is 11.2. The molecule has 0 aromatic heterocycles. The van der Waals surface area contributed by atoms with Gasteiger partial charge >= 0.3 is 18.2 Å². The molecule has 0 aliphatic heterocycles. The first-order valence-corrected chi connectivity index (χ1v) is 19.0. The van der Waals surface area contributed by atoms with Crippen LogP contribution >= 0.6 is 0 Å². The van der Waals surface area contributed by atoms with E-state index >= 15 is 0 Å². The van der Waals surface area contributed by atoms with Crippen LogP contribution in [-0.4, -0.2) is 49.5 Å². The molecule has 0 radical (unpaired) electrons. The molecule has 0 heterocycles. The zero-order valence-corrected chi connectivity index (χ0v) is 32.4. The van der Waals surface area contributed by atoms with Crippen LogP contribution < -0.4 is 14.2 Å². The van der Waals surface area contributed by atoms with E-state index in [0.717, 1.165) is 56.3 Å². The summed E-state index contributed by atoms with van der Waals surface area (Å²) in [4.78, 5) is 41.8. The molecule has 0 N–H and O–H groups in total. The molecule has 0 bridgehead atoms. The van der Waals surface area contributed by atoms with Gasteiger partial charge in [-0.25, -0.2) is 27.6 Å². The molecule has 6 aromatic rings. The third-order valence-electron chi connectivity index (χ3n) is 10.9. The van der Waals surface area contributed by atoms with Gasteiger partial charge in [-0.1, -0.05) is 97.1 Å². The maximum Gasteiger partial charge on any atom is 0.513 e.